The molecule has 0 saturated carbocycles. The highest BCUT2D eigenvalue weighted by atomic mass is 15.3. The molecule has 1 N–H and O–H groups in total. The Bertz CT molecular complexity index is 862. The van der Waals surface area contributed by atoms with Crippen LogP contribution in [0.5, 0.6) is 0 Å². The second-order valence-electron chi connectivity index (χ2n) is 6.53. The molecule has 0 radical (unpaired) electrons. The molecule has 7 heteroatoms. The quantitative estimate of drug-likeness (QED) is 0.749. The van der Waals surface area contributed by atoms with E-state index in [0.29, 0.717) is 12.5 Å². The minimum Gasteiger partial charge on any atom is -0.353 e. The van der Waals surface area contributed by atoms with Crippen LogP contribution >= 0.6 is 0 Å². The second kappa shape index (κ2) is 7.99. The van der Waals surface area contributed by atoms with Crippen molar-refractivity contribution in [1.29, 1.82) is 0 Å². The zero-order chi connectivity index (χ0) is 18.5. The monoisotopic (exact) mass is 361 g/mol. The summed E-state index contributed by atoms with van der Waals surface area (Å²) in [5.74, 6) is 2.64. The maximum Gasteiger partial charge on any atom is 0.225 e. The largest absolute Gasteiger partial charge is 0.353 e. The van der Waals surface area contributed by atoms with Crippen LogP contribution in [0.2, 0.25) is 0 Å². The van der Waals surface area contributed by atoms with Crippen LogP contribution in [0.25, 0.3) is 0 Å². The van der Waals surface area contributed by atoms with Crippen LogP contribution < -0.4 is 15.1 Å². The van der Waals surface area contributed by atoms with Gasteiger partial charge in [0.2, 0.25) is 5.95 Å². The van der Waals surface area contributed by atoms with E-state index in [9.17, 15) is 0 Å². The van der Waals surface area contributed by atoms with Crippen LogP contribution in [0.4, 0.5) is 17.6 Å². The summed E-state index contributed by atoms with van der Waals surface area (Å²) in [5.41, 5.74) is 1.92. The van der Waals surface area contributed by atoms with Gasteiger partial charge < -0.3 is 15.1 Å². The Kier molecular flexibility index (Phi) is 5.09. The molecule has 0 atom stereocenters. The highest BCUT2D eigenvalue weighted by molar-refractivity contribution is 5.48. The number of aryl methyl sites for hydroxylation is 1. The molecular formula is C20H23N7. The van der Waals surface area contributed by atoms with Crippen molar-refractivity contribution in [2.24, 2.45) is 0 Å². The first-order valence-electron chi connectivity index (χ1n) is 9.18. The highest BCUT2D eigenvalue weighted by Crippen LogP contribution is 2.19. The fourth-order valence-electron chi connectivity index (χ4n) is 3.17. The van der Waals surface area contributed by atoms with Gasteiger partial charge in [-0.15, -0.1) is 0 Å². The number of anilines is 3. The molecular weight excluding hydrogens is 338 g/mol. The first kappa shape index (κ1) is 17.2. The maximum absolute atomic E-state index is 4.71. The topological polar surface area (TPSA) is 70.1 Å². The van der Waals surface area contributed by atoms with Crippen molar-refractivity contribution in [3.8, 4) is 0 Å². The lowest BCUT2D eigenvalue weighted by molar-refractivity contribution is 0.641. The number of aromatic nitrogens is 4. The molecule has 0 bridgehead atoms. The molecule has 138 valence electrons. The molecule has 27 heavy (non-hydrogen) atoms. The molecule has 4 heterocycles. The summed E-state index contributed by atoms with van der Waals surface area (Å²) in [6.07, 6.45) is 3.63. The molecule has 0 spiro atoms. The van der Waals surface area contributed by atoms with Gasteiger partial charge >= 0.3 is 0 Å². The van der Waals surface area contributed by atoms with E-state index in [1.807, 2.05) is 49.5 Å². The van der Waals surface area contributed by atoms with E-state index in [1.165, 1.54) is 0 Å². The first-order valence-corrected chi connectivity index (χ1v) is 9.18. The zero-order valence-corrected chi connectivity index (χ0v) is 15.4. The highest BCUT2D eigenvalue weighted by Gasteiger charge is 2.19. The van der Waals surface area contributed by atoms with Crippen LogP contribution in [-0.4, -0.2) is 46.1 Å². The summed E-state index contributed by atoms with van der Waals surface area (Å²) in [7, 11) is 0. The fraction of sp³-hybridized carbons (Fsp3) is 0.300. The van der Waals surface area contributed by atoms with Crippen molar-refractivity contribution < 1.29 is 0 Å². The Labute approximate surface area is 159 Å². The number of nitrogens with one attached hydrogen (secondary N) is 1. The number of rotatable bonds is 5. The third-order valence-electron chi connectivity index (χ3n) is 4.57. The van der Waals surface area contributed by atoms with Gasteiger partial charge in [-0.25, -0.2) is 9.97 Å². The first-order chi connectivity index (χ1) is 13.3. The Hall–Kier alpha value is -3.22. The molecule has 1 aliphatic rings. The van der Waals surface area contributed by atoms with Gasteiger partial charge in [0.05, 0.1) is 12.2 Å². The van der Waals surface area contributed by atoms with Crippen molar-refractivity contribution >= 4 is 17.6 Å². The van der Waals surface area contributed by atoms with Gasteiger partial charge in [-0.05, 0) is 31.2 Å². The molecule has 1 fully saturated rings. The van der Waals surface area contributed by atoms with Gasteiger partial charge in [-0.2, -0.15) is 4.98 Å². The Balaban J connectivity index is 1.41. The predicted molar refractivity (Wildman–Crippen MR) is 107 cm³/mol. The molecule has 1 aliphatic heterocycles. The van der Waals surface area contributed by atoms with Crippen molar-refractivity contribution in [3.05, 3.63) is 66.2 Å². The molecule has 0 aliphatic carbocycles. The zero-order valence-electron chi connectivity index (χ0n) is 15.4. The van der Waals surface area contributed by atoms with Crippen LogP contribution in [0.3, 0.4) is 0 Å². The summed E-state index contributed by atoms with van der Waals surface area (Å²) in [6.45, 7) is 6.28. The smallest absolute Gasteiger partial charge is 0.225 e. The standard InChI is InChI=1S/C20H23N7/c1-16-14-19(25-20(24-16)23-15-17-6-2-4-8-21-17)27-12-10-26(11-13-27)18-7-3-5-9-22-18/h2-9,14H,10-13,15H2,1H3,(H,23,24,25). The van der Waals surface area contributed by atoms with Crippen LogP contribution in [0.1, 0.15) is 11.4 Å². The van der Waals surface area contributed by atoms with Gasteiger partial charge in [-0.3, -0.25) is 4.98 Å². The normalized spacial score (nSPS) is 14.3. The van der Waals surface area contributed by atoms with E-state index in [2.05, 4.69) is 36.1 Å². The third-order valence-corrected chi connectivity index (χ3v) is 4.57. The van der Waals surface area contributed by atoms with Gasteiger partial charge in [0.15, 0.2) is 0 Å². The van der Waals surface area contributed by atoms with Crippen LogP contribution in [0, 0.1) is 6.92 Å². The van der Waals surface area contributed by atoms with Gasteiger partial charge in [0.1, 0.15) is 11.6 Å². The summed E-state index contributed by atoms with van der Waals surface area (Å²) in [4.78, 5) is 22.6. The summed E-state index contributed by atoms with van der Waals surface area (Å²) < 4.78 is 0. The van der Waals surface area contributed by atoms with E-state index in [-0.39, 0.29) is 0 Å². The SMILES string of the molecule is Cc1cc(N2CCN(c3ccccn3)CC2)nc(NCc2ccccn2)n1. The molecule has 4 rings (SSSR count). The van der Waals surface area contributed by atoms with E-state index in [0.717, 1.165) is 49.2 Å². The predicted octanol–water partition coefficient (Wildman–Crippen LogP) is 2.51. The molecule has 1 saturated heterocycles. The van der Waals surface area contributed by atoms with Gasteiger partial charge in [0, 0.05) is 50.3 Å². The number of hydrogen-bond acceptors (Lipinski definition) is 7. The lowest BCUT2D eigenvalue weighted by Crippen LogP contribution is -2.47. The number of hydrogen-bond donors (Lipinski definition) is 1. The van der Waals surface area contributed by atoms with Crippen LogP contribution in [-0.2, 0) is 6.54 Å². The van der Waals surface area contributed by atoms with Crippen molar-refractivity contribution in [2.75, 3.05) is 41.3 Å². The Morgan fingerprint density at radius 2 is 1.56 bits per heavy atom. The third kappa shape index (κ3) is 4.31. The molecule has 0 unspecified atom stereocenters. The lowest BCUT2D eigenvalue weighted by atomic mass is 10.3. The van der Waals surface area contributed by atoms with Crippen molar-refractivity contribution in [3.63, 3.8) is 0 Å². The van der Waals surface area contributed by atoms with Gasteiger partial charge in [0.25, 0.3) is 0 Å². The van der Waals surface area contributed by atoms with E-state index in [4.69, 9.17) is 4.98 Å². The van der Waals surface area contributed by atoms with E-state index >= 15 is 0 Å². The maximum atomic E-state index is 4.71. The minimum atomic E-state index is 0.608. The molecule has 7 nitrogen and oxygen atoms in total. The average molecular weight is 361 g/mol. The summed E-state index contributed by atoms with van der Waals surface area (Å²) in [6, 6.07) is 14.0. The Morgan fingerprint density at radius 3 is 2.22 bits per heavy atom. The number of nitrogens with zero attached hydrogens (tertiary/aromatic N) is 6. The molecule has 3 aromatic heterocycles. The minimum absolute atomic E-state index is 0.608. The van der Waals surface area contributed by atoms with Crippen molar-refractivity contribution in [2.45, 2.75) is 13.5 Å². The van der Waals surface area contributed by atoms with Gasteiger partial charge in [-0.1, -0.05) is 12.1 Å². The average Bonchev–Trinajstić information content (AvgIpc) is 2.73. The summed E-state index contributed by atoms with van der Waals surface area (Å²) in [5, 5.41) is 3.28. The lowest BCUT2D eigenvalue weighted by Gasteiger charge is -2.36. The molecule has 3 aromatic rings. The molecule has 0 aromatic carbocycles. The summed E-state index contributed by atoms with van der Waals surface area (Å²) >= 11 is 0. The van der Waals surface area contributed by atoms with Crippen molar-refractivity contribution in [1.82, 2.24) is 19.9 Å². The number of pyridine rings is 2. The Morgan fingerprint density at radius 1 is 0.852 bits per heavy atom. The van der Waals surface area contributed by atoms with E-state index < -0.39 is 0 Å². The molecule has 0 amide bonds. The van der Waals surface area contributed by atoms with Crippen LogP contribution in [0.15, 0.2) is 54.9 Å². The van der Waals surface area contributed by atoms with E-state index in [1.54, 1.807) is 6.20 Å². The number of piperazine rings is 1. The fourth-order valence-corrected chi connectivity index (χ4v) is 3.17. The second-order valence-corrected chi connectivity index (χ2v) is 6.53.